The van der Waals surface area contributed by atoms with Crippen LogP contribution in [0.1, 0.15) is 26.0 Å². The molecule has 0 unspecified atom stereocenters. The minimum Gasteiger partial charge on any atom is -0.302 e. The van der Waals surface area contributed by atoms with Crippen molar-refractivity contribution in [3.8, 4) is 0 Å². The van der Waals surface area contributed by atoms with E-state index in [4.69, 9.17) is 0 Å². The summed E-state index contributed by atoms with van der Waals surface area (Å²) in [7, 11) is -1.19. The standard InChI is InChI=1S/C14H26N4O2S/c1-4-16-21(19,20)14-6-8-18(11-14)10-12(2)9-13-5-7-15-17(13)3/h5,7,12,14,16H,4,6,8-11H2,1-3H3/t12-,14-/m1/s1. The van der Waals surface area contributed by atoms with Crippen molar-refractivity contribution in [2.24, 2.45) is 13.0 Å². The predicted molar refractivity (Wildman–Crippen MR) is 83.5 cm³/mol. The summed E-state index contributed by atoms with van der Waals surface area (Å²) in [5.41, 5.74) is 1.22. The van der Waals surface area contributed by atoms with Crippen LogP contribution >= 0.6 is 0 Å². The lowest BCUT2D eigenvalue weighted by molar-refractivity contribution is 0.285. The Kier molecular flexibility index (Phi) is 5.40. The van der Waals surface area contributed by atoms with E-state index >= 15 is 0 Å². The summed E-state index contributed by atoms with van der Waals surface area (Å²) in [6.45, 7) is 6.94. The van der Waals surface area contributed by atoms with Crippen LogP contribution in [0.2, 0.25) is 0 Å². The van der Waals surface area contributed by atoms with E-state index in [2.05, 4.69) is 21.6 Å². The second-order valence-corrected chi connectivity index (χ2v) is 8.01. The Balaban J connectivity index is 1.84. The first-order valence-electron chi connectivity index (χ1n) is 7.60. The van der Waals surface area contributed by atoms with E-state index in [-0.39, 0.29) is 5.25 Å². The largest absolute Gasteiger partial charge is 0.302 e. The molecule has 0 radical (unpaired) electrons. The molecule has 0 amide bonds. The first-order chi connectivity index (χ1) is 9.92. The number of rotatable bonds is 7. The summed E-state index contributed by atoms with van der Waals surface area (Å²) >= 11 is 0. The summed E-state index contributed by atoms with van der Waals surface area (Å²) < 4.78 is 28.5. The number of nitrogens with zero attached hydrogens (tertiary/aromatic N) is 3. The highest BCUT2D eigenvalue weighted by molar-refractivity contribution is 7.90. The molecule has 0 bridgehead atoms. The van der Waals surface area contributed by atoms with Crippen LogP contribution in [0.3, 0.4) is 0 Å². The van der Waals surface area contributed by atoms with E-state index < -0.39 is 10.0 Å². The van der Waals surface area contributed by atoms with Crippen molar-refractivity contribution in [2.75, 3.05) is 26.2 Å². The van der Waals surface area contributed by atoms with E-state index in [1.165, 1.54) is 5.69 Å². The van der Waals surface area contributed by atoms with Gasteiger partial charge in [-0.05, 0) is 31.4 Å². The molecule has 7 heteroatoms. The molecular weight excluding hydrogens is 288 g/mol. The molecule has 120 valence electrons. The average molecular weight is 314 g/mol. The molecule has 1 aliphatic heterocycles. The van der Waals surface area contributed by atoms with Gasteiger partial charge in [0.1, 0.15) is 0 Å². The molecule has 1 saturated heterocycles. The number of aryl methyl sites for hydroxylation is 1. The first kappa shape index (κ1) is 16.5. The summed E-state index contributed by atoms with van der Waals surface area (Å²) in [6, 6.07) is 2.04. The number of aromatic nitrogens is 2. The third-order valence-corrected chi connectivity index (χ3v) is 6.02. The highest BCUT2D eigenvalue weighted by Gasteiger charge is 2.32. The van der Waals surface area contributed by atoms with Gasteiger partial charge in [0.05, 0.1) is 5.25 Å². The van der Waals surface area contributed by atoms with E-state index in [9.17, 15) is 8.42 Å². The van der Waals surface area contributed by atoms with Gasteiger partial charge in [-0.2, -0.15) is 5.10 Å². The van der Waals surface area contributed by atoms with Gasteiger partial charge >= 0.3 is 0 Å². The van der Waals surface area contributed by atoms with Crippen molar-refractivity contribution >= 4 is 10.0 Å². The molecule has 1 aromatic heterocycles. The smallest absolute Gasteiger partial charge is 0.215 e. The molecule has 1 aromatic rings. The monoisotopic (exact) mass is 314 g/mol. The van der Waals surface area contributed by atoms with Gasteiger partial charge in [-0.3, -0.25) is 4.68 Å². The van der Waals surface area contributed by atoms with E-state index in [0.29, 0.717) is 19.0 Å². The zero-order valence-corrected chi connectivity index (χ0v) is 13.9. The van der Waals surface area contributed by atoms with Gasteiger partial charge in [0.2, 0.25) is 10.0 Å². The summed E-state index contributed by atoms with van der Waals surface area (Å²) in [4.78, 5) is 2.26. The molecule has 6 nitrogen and oxygen atoms in total. The van der Waals surface area contributed by atoms with E-state index in [0.717, 1.165) is 25.9 Å². The predicted octanol–water partition coefficient (Wildman–Crippen LogP) is 0.612. The molecule has 0 aliphatic carbocycles. The molecule has 21 heavy (non-hydrogen) atoms. The Bertz CT molecular complexity index is 555. The molecule has 2 heterocycles. The zero-order valence-electron chi connectivity index (χ0n) is 13.1. The first-order valence-corrected chi connectivity index (χ1v) is 9.14. The lowest BCUT2D eigenvalue weighted by Crippen LogP contribution is -2.37. The number of hydrogen-bond acceptors (Lipinski definition) is 4. The number of likely N-dealkylation sites (tertiary alicyclic amines) is 1. The number of sulfonamides is 1. The van der Waals surface area contributed by atoms with Crippen LogP contribution in [-0.2, 0) is 23.5 Å². The van der Waals surface area contributed by atoms with Gasteiger partial charge < -0.3 is 4.90 Å². The lowest BCUT2D eigenvalue weighted by Gasteiger charge is -2.21. The van der Waals surface area contributed by atoms with Crippen molar-refractivity contribution in [1.29, 1.82) is 0 Å². The Morgan fingerprint density at radius 3 is 2.90 bits per heavy atom. The van der Waals surface area contributed by atoms with Crippen LogP contribution in [0, 0.1) is 5.92 Å². The SMILES string of the molecule is CCNS(=O)(=O)[C@@H]1CCN(C[C@H](C)Cc2ccnn2C)C1. The summed E-state index contributed by atoms with van der Waals surface area (Å²) in [5.74, 6) is 0.487. The van der Waals surface area contributed by atoms with Crippen LogP contribution in [0.15, 0.2) is 12.3 Å². The number of nitrogens with one attached hydrogen (secondary N) is 1. The second-order valence-electron chi connectivity index (χ2n) is 5.97. The topological polar surface area (TPSA) is 67.2 Å². The van der Waals surface area contributed by atoms with E-state index in [1.54, 1.807) is 0 Å². The van der Waals surface area contributed by atoms with Crippen LogP contribution < -0.4 is 4.72 Å². The van der Waals surface area contributed by atoms with Crippen LogP contribution in [-0.4, -0.2) is 54.5 Å². The maximum absolute atomic E-state index is 12.0. The summed E-state index contributed by atoms with van der Waals surface area (Å²) in [6.07, 6.45) is 3.52. The quantitative estimate of drug-likeness (QED) is 0.801. The number of hydrogen-bond donors (Lipinski definition) is 1. The van der Waals surface area contributed by atoms with Gasteiger partial charge in [0, 0.05) is 38.6 Å². The normalized spacial score (nSPS) is 21.8. The highest BCUT2D eigenvalue weighted by Crippen LogP contribution is 2.18. The molecule has 2 atom stereocenters. The molecule has 1 aliphatic rings. The minimum atomic E-state index is -3.14. The van der Waals surface area contributed by atoms with Crippen molar-refractivity contribution in [2.45, 2.75) is 31.9 Å². The Labute approximate surface area is 127 Å². The van der Waals surface area contributed by atoms with Gasteiger partial charge in [0.15, 0.2) is 0 Å². The summed E-state index contributed by atoms with van der Waals surface area (Å²) in [5, 5.41) is 3.92. The average Bonchev–Trinajstić information content (AvgIpc) is 3.00. The lowest BCUT2D eigenvalue weighted by atomic mass is 10.1. The fraction of sp³-hybridized carbons (Fsp3) is 0.786. The Morgan fingerprint density at radius 2 is 2.29 bits per heavy atom. The van der Waals surface area contributed by atoms with Crippen molar-refractivity contribution < 1.29 is 8.42 Å². The zero-order chi connectivity index (χ0) is 15.5. The van der Waals surface area contributed by atoms with Gasteiger partial charge in [-0.25, -0.2) is 13.1 Å². The van der Waals surface area contributed by atoms with Crippen molar-refractivity contribution in [3.63, 3.8) is 0 Å². The maximum atomic E-state index is 12.0. The fourth-order valence-electron chi connectivity index (χ4n) is 3.00. The highest BCUT2D eigenvalue weighted by atomic mass is 32.2. The fourth-order valence-corrected chi connectivity index (χ4v) is 4.46. The van der Waals surface area contributed by atoms with Crippen LogP contribution in [0.25, 0.3) is 0 Å². The Hall–Kier alpha value is -0.920. The third kappa shape index (κ3) is 4.28. The third-order valence-electron chi connectivity index (χ3n) is 4.06. The molecule has 0 saturated carbocycles. The van der Waals surface area contributed by atoms with Gasteiger partial charge in [-0.15, -0.1) is 0 Å². The minimum absolute atomic E-state index is 0.263. The second kappa shape index (κ2) is 6.89. The van der Waals surface area contributed by atoms with E-state index in [1.807, 2.05) is 30.9 Å². The van der Waals surface area contributed by atoms with Crippen LogP contribution in [0.4, 0.5) is 0 Å². The molecular formula is C14H26N4O2S. The molecule has 1 N–H and O–H groups in total. The van der Waals surface area contributed by atoms with Crippen molar-refractivity contribution in [1.82, 2.24) is 19.4 Å². The molecule has 0 spiro atoms. The Morgan fingerprint density at radius 1 is 1.52 bits per heavy atom. The maximum Gasteiger partial charge on any atom is 0.215 e. The van der Waals surface area contributed by atoms with Crippen molar-refractivity contribution in [3.05, 3.63) is 18.0 Å². The van der Waals surface area contributed by atoms with Crippen LogP contribution in [0.5, 0.6) is 0 Å². The molecule has 0 aromatic carbocycles. The van der Waals surface area contributed by atoms with Gasteiger partial charge in [-0.1, -0.05) is 13.8 Å². The molecule has 2 rings (SSSR count). The van der Waals surface area contributed by atoms with Gasteiger partial charge in [0.25, 0.3) is 0 Å². The molecule has 1 fully saturated rings.